The maximum Gasteiger partial charge on any atom is 0.271 e. The van der Waals surface area contributed by atoms with Crippen molar-refractivity contribution in [3.05, 3.63) is 28.3 Å². The van der Waals surface area contributed by atoms with Crippen molar-refractivity contribution < 1.29 is 18.1 Å². The molecule has 0 unspecified atom stereocenters. The van der Waals surface area contributed by atoms with Crippen molar-refractivity contribution in [2.45, 2.75) is 31.6 Å². The second-order valence-corrected chi connectivity index (χ2v) is 6.40. The molecule has 8 heteroatoms. The summed E-state index contributed by atoms with van der Waals surface area (Å²) in [4.78, 5) is 10.1. The molecule has 1 aromatic carbocycles. The third-order valence-corrected chi connectivity index (χ3v) is 4.84. The number of nitro groups is 1. The summed E-state index contributed by atoms with van der Waals surface area (Å²) in [5.74, 6) is 0.109. The highest BCUT2D eigenvalue weighted by Gasteiger charge is 2.28. The number of nitro benzene ring substituents is 1. The van der Waals surface area contributed by atoms with Crippen molar-refractivity contribution in [1.29, 1.82) is 0 Å². The molecule has 0 aliphatic rings. The average Bonchev–Trinajstić information content (AvgIpc) is 2.46. The van der Waals surface area contributed by atoms with Gasteiger partial charge in [0.15, 0.2) is 0 Å². The van der Waals surface area contributed by atoms with Crippen LogP contribution in [-0.2, 0) is 10.0 Å². The molecule has 0 bridgehead atoms. The molecular formula is C13H20N2O5S. The lowest BCUT2D eigenvalue weighted by atomic mass is 10.3. The number of sulfonamides is 1. The van der Waals surface area contributed by atoms with Crippen molar-refractivity contribution in [3.8, 4) is 5.75 Å². The Labute approximate surface area is 124 Å². The van der Waals surface area contributed by atoms with E-state index in [1.165, 1.54) is 23.5 Å². The van der Waals surface area contributed by atoms with E-state index in [-0.39, 0.29) is 16.3 Å². The molecule has 0 N–H and O–H groups in total. The van der Waals surface area contributed by atoms with Crippen molar-refractivity contribution in [1.82, 2.24) is 4.31 Å². The Bertz CT molecular complexity index is 595. The van der Waals surface area contributed by atoms with E-state index in [2.05, 4.69) is 0 Å². The molecule has 0 amide bonds. The summed E-state index contributed by atoms with van der Waals surface area (Å²) in [7, 11) is -2.48. The third kappa shape index (κ3) is 3.92. The lowest BCUT2D eigenvalue weighted by Crippen LogP contribution is -2.32. The number of methoxy groups -OCH3 is 1. The molecule has 118 valence electrons. The van der Waals surface area contributed by atoms with Gasteiger partial charge in [0.2, 0.25) is 10.0 Å². The predicted octanol–water partition coefficient (Wildman–Crippen LogP) is 2.41. The smallest absolute Gasteiger partial charge is 0.271 e. The molecule has 1 rings (SSSR count). The largest absolute Gasteiger partial charge is 0.495 e. The minimum Gasteiger partial charge on any atom is -0.495 e. The van der Waals surface area contributed by atoms with E-state index in [1.54, 1.807) is 0 Å². The van der Waals surface area contributed by atoms with Crippen LogP contribution in [0.3, 0.4) is 0 Å². The maximum atomic E-state index is 12.7. The van der Waals surface area contributed by atoms with Gasteiger partial charge in [-0.2, -0.15) is 4.31 Å². The standard InChI is InChI=1S/C13H20N2O5S/c1-4-8-14(9-5-2)21(18,19)13-10-11(15(16)17)6-7-12(13)20-3/h6-7,10H,4-5,8-9H2,1-3H3. The van der Waals surface area contributed by atoms with Gasteiger partial charge < -0.3 is 4.74 Å². The summed E-state index contributed by atoms with van der Waals surface area (Å²) in [6, 6.07) is 3.58. The second-order valence-electron chi connectivity index (χ2n) is 4.50. The number of hydrogen-bond acceptors (Lipinski definition) is 5. The fourth-order valence-electron chi connectivity index (χ4n) is 1.97. The van der Waals surface area contributed by atoms with E-state index in [1.807, 2.05) is 13.8 Å². The van der Waals surface area contributed by atoms with Gasteiger partial charge in [0.05, 0.1) is 12.0 Å². The molecule has 0 atom stereocenters. The zero-order valence-electron chi connectivity index (χ0n) is 12.4. The fourth-order valence-corrected chi connectivity index (χ4v) is 3.77. The first-order valence-corrected chi connectivity index (χ1v) is 8.15. The second kappa shape index (κ2) is 7.37. The van der Waals surface area contributed by atoms with Crippen LogP contribution in [0.1, 0.15) is 26.7 Å². The van der Waals surface area contributed by atoms with Crippen molar-refractivity contribution >= 4 is 15.7 Å². The molecule has 0 fully saturated rings. The Morgan fingerprint density at radius 2 is 1.81 bits per heavy atom. The van der Waals surface area contributed by atoms with Gasteiger partial charge in [-0.3, -0.25) is 10.1 Å². The summed E-state index contributed by atoms with van der Waals surface area (Å²) in [5.41, 5.74) is -0.276. The normalized spacial score (nSPS) is 11.6. The first-order chi connectivity index (χ1) is 9.88. The summed E-state index contributed by atoms with van der Waals surface area (Å²) in [5, 5.41) is 10.9. The van der Waals surface area contributed by atoms with E-state index >= 15 is 0 Å². The van der Waals surface area contributed by atoms with E-state index in [0.29, 0.717) is 25.9 Å². The number of hydrogen-bond donors (Lipinski definition) is 0. The van der Waals surface area contributed by atoms with Crippen LogP contribution in [0, 0.1) is 10.1 Å². The predicted molar refractivity (Wildman–Crippen MR) is 79.0 cm³/mol. The average molecular weight is 316 g/mol. The Hall–Kier alpha value is -1.67. The monoisotopic (exact) mass is 316 g/mol. The summed E-state index contributed by atoms with van der Waals surface area (Å²) >= 11 is 0. The number of benzene rings is 1. The molecular weight excluding hydrogens is 296 g/mol. The van der Waals surface area contributed by atoms with E-state index in [9.17, 15) is 18.5 Å². The van der Waals surface area contributed by atoms with Crippen LogP contribution in [0.15, 0.2) is 23.1 Å². The SMILES string of the molecule is CCCN(CCC)S(=O)(=O)c1cc([N+](=O)[O-])ccc1OC. The minimum absolute atomic E-state index is 0.109. The van der Waals surface area contributed by atoms with Gasteiger partial charge in [-0.05, 0) is 18.9 Å². The Morgan fingerprint density at radius 3 is 2.24 bits per heavy atom. The Morgan fingerprint density at radius 1 is 1.24 bits per heavy atom. The lowest BCUT2D eigenvalue weighted by molar-refractivity contribution is -0.385. The highest BCUT2D eigenvalue weighted by molar-refractivity contribution is 7.89. The molecule has 21 heavy (non-hydrogen) atoms. The molecule has 0 aliphatic carbocycles. The highest BCUT2D eigenvalue weighted by Crippen LogP contribution is 2.30. The molecule has 0 radical (unpaired) electrons. The van der Waals surface area contributed by atoms with Gasteiger partial charge in [0.1, 0.15) is 10.6 Å². The van der Waals surface area contributed by atoms with Crippen molar-refractivity contribution in [2.75, 3.05) is 20.2 Å². The lowest BCUT2D eigenvalue weighted by Gasteiger charge is -2.22. The highest BCUT2D eigenvalue weighted by atomic mass is 32.2. The molecule has 0 saturated carbocycles. The molecule has 1 aromatic rings. The first kappa shape index (κ1) is 17.4. The van der Waals surface area contributed by atoms with Crippen LogP contribution in [0.5, 0.6) is 5.75 Å². The summed E-state index contributed by atoms with van der Waals surface area (Å²) < 4.78 is 31.8. The zero-order valence-corrected chi connectivity index (χ0v) is 13.2. The molecule has 0 aromatic heterocycles. The molecule has 0 spiro atoms. The van der Waals surface area contributed by atoms with Crippen LogP contribution in [-0.4, -0.2) is 37.8 Å². The van der Waals surface area contributed by atoms with E-state index in [0.717, 1.165) is 6.07 Å². The van der Waals surface area contributed by atoms with Crippen LogP contribution in [0.25, 0.3) is 0 Å². The third-order valence-electron chi connectivity index (χ3n) is 2.92. The van der Waals surface area contributed by atoms with Crippen LogP contribution in [0.2, 0.25) is 0 Å². The fraction of sp³-hybridized carbons (Fsp3) is 0.538. The Balaban J connectivity index is 3.39. The van der Waals surface area contributed by atoms with Crippen molar-refractivity contribution in [3.63, 3.8) is 0 Å². The van der Waals surface area contributed by atoms with Gasteiger partial charge in [-0.1, -0.05) is 13.8 Å². The Kier molecular flexibility index (Phi) is 6.10. The van der Waals surface area contributed by atoms with Gasteiger partial charge in [-0.25, -0.2) is 8.42 Å². The molecule has 0 heterocycles. The zero-order chi connectivity index (χ0) is 16.0. The number of ether oxygens (including phenoxy) is 1. The van der Waals surface area contributed by atoms with E-state index in [4.69, 9.17) is 4.74 Å². The van der Waals surface area contributed by atoms with Crippen molar-refractivity contribution in [2.24, 2.45) is 0 Å². The number of non-ortho nitro benzene ring substituents is 1. The molecule has 0 aliphatic heterocycles. The minimum atomic E-state index is -3.82. The quantitative estimate of drug-likeness (QED) is 0.542. The summed E-state index contributed by atoms with van der Waals surface area (Å²) in [6.45, 7) is 4.48. The van der Waals surface area contributed by atoms with Crippen LogP contribution < -0.4 is 4.74 Å². The van der Waals surface area contributed by atoms with Crippen LogP contribution in [0.4, 0.5) is 5.69 Å². The summed E-state index contributed by atoms with van der Waals surface area (Å²) in [6.07, 6.45) is 1.33. The van der Waals surface area contributed by atoms with E-state index < -0.39 is 14.9 Å². The van der Waals surface area contributed by atoms with Gasteiger partial charge in [0, 0.05) is 25.2 Å². The topological polar surface area (TPSA) is 89.8 Å². The van der Waals surface area contributed by atoms with Gasteiger partial charge >= 0.3 is 0 Å². The van der Waals surface area contributed by atoms with Crippen LogP contribution >= 0.6 is 0 Å². The maximum absolute atomic E-state index is 12.7. The molecule has 7 nitrogen and oxygen atoms in total. The number of rotatable bonds is 8. The number of nitrogens with zero attached hydrogens (tertiary/aromatic N) is 2. The molecule has 0 saturated heterocycles. The van der Waals surface area contributed by atoms with Gasteiger partial charge in [0.25, 0.3) is 5.69 Å². The van der Waals surface area contributed by atoms with Gasteiger partial charge in [-0.15, -0.1) is 0 Å². The first-order valence-electron chi connectivity index (χ1n) is 6.71.